The molecule has 0 spiro atoms. The topological polar surface area (TPSA) is 28.2 Å². The Balaban J connectivity index is 2.62. The van der Waals surface area contributed by atoms with Crippen molar-refractivity contribution in [2.75, 3.05) is 26.0 Å². The molecular weight excluding hydrogens is 254 g/mol. The zero-order chi connectivity index (χ0) is 11.5. The monoisotopic (exact) mass is 271 g/mol. The standard InChI is InChI=1S/C11H18BrN3/c1-11(2,15(3)4)8-14-10-9(12)6-5-7-13-10/h5-7H,8H2,1-4H3,(H,13,14). The Labute approximate surface area is 100 Å². The summed E-state index contributed by atoms with van der Waals surface area (Å²) < 4.78 is 1.000. The highest BCUT2D eigenvalue weighted by molar-refractivity contribution is 9.10. The van der Waals surface area contributed by atoms with E-state index in [0.717, 1.165) is 16.8 Å². The van der Waals surface area contributed by atoms with Gasteiger partial charge in [0, 0.05) is 18.3 Å². The molecule has 0 radical (unpaired) electrons. The van der Waals surface area contributed by atoms with Gasteiger partial charge in [0.2, 0.25) is 0 Å². The number of anilines is 1. The molecule has 1 heterocycles. The summed E-state index contributed by atoms with van der Waals surface area (Å²) in [5.74, 6) is 0.896. The Morgan fingerprint density at radius 1 is 1.47 bits per heavy atom. The van der Waals surface area contributed by atoms with Gasteiger partial charge in [0.05, 0.1) is 4.47 Å². The van der Waals surface area contributed by atoms with Crippen LogP contribution in [0.2, 0.25) is 0 Å². The Morgan fingerprint density at radius 3 is 2.67 bits per heavy atom. The van der Waals surface area contributed by atoms with Gasteiger partial charge < -0.3 is 10.2 Å². The number of nitrogens with one attached hydrogen (secondary N) is 1. The highest BCUT2D eigenvalue weighted by Gasteiger charge is 2.20. The van der Waals surface area contributed by atoms with Crippen molar-refractivity contribution >= 4 is 21.7 Å². The molecule has 0 fully saturated rings. The number of halogens is 1. The second kappa shape index (κ2) is 4.94. The van der Waals surface area contributed by atoms with Crippen molar-refractivity contribution in [1.82, 2.24) is 9.88 Å². The number of rotatable bonds is 4. The molecule has 1 aromatic heterocycles. The summed E-state index contributed by atoms with van der Waals surface area (Å²) in [5, 5.41) is 3.33. The number of likely N-dealkylation sites (N-methyl/N-ethyl adjacent to an activating group) is 1. The lowest BCUT2D eigenvalue weighted by atomic mass is 10.0. The third kappa shape index (κ3) is 3.47. The van der Waals surface area contributed by atoms with E-state index in [4.69, 9.17) is 0 Å². The third-order valence-corrected chi connectivity index (χ3v) is 3.30. The molecule has 15 heavy (non-hydrogen) atoms. The molecule has 0 aromatic carbocycles. The maximum atomic E-state index is 4.26. The average molecular weight is 272 g/mol. The van der Waals surface area contributed by atoms with Gasteiger partial charge in [0.25, 0.3) is 0 Å². The highest BCUT2D eigenvalue weighted by Crippen LogP contribution is 2.19. The summed E-state index contributed by atoms with van der Waals surface area (Å²) in [4.78, 5) is 6.46. The van der Waals surface area contributed by atoms with Gasteiger partial charge in [-0.25, -0.2) is 4.98 Å². The largest absolute Gasteiger partial charge is 0.367 e. The van der Waals surface area contributed by atoms with E-state index in [9.17, 15) is 0 Å². The van der Waals surface area contributed by atoms with Gasteiger partial charge in [-0.15, -0.1) is 0 Å². The second-order valence-electron chi connectivity index (χ2n) is 4.39. The van der Waals surface area contributed by atoms with Crippen molar-refractivity contribution < 1.29 is 0 Å². The van der Waals surface area contributed by atoms with E-state index >= 15 is 0 Å². The average Bonchev–Trinajstić information content (AvgIpc) is 2.16. The molecule has 0 aliphatic rings. The van der Waals surface area contributed by atoms with Crippen LogP contribution < -0.4 is 5.32 Å². The Hall–Kier alpha value is -0.610. The SMILES string of the molecule is CN(C)C(C)(C)CNc1ncccc1Br. The predicted octanol–water partition coefficient (Wildman–Crippen LogP) is 2.60. The summed E-state index contributed by atoms with van der Waals surface area (Å²) in [6.45, 7) is 5.24. The smallest absolute Gasteiger partial charge is 0.140 e. The number of aromatic nitrogens is 1. The minimum Gasteiger partial charge on any atom is -0.367 e. The van der Waals surface area contributed by atoms with E-state index in [1.807, 2.05) is 12.1 Å². The van der Waals surface area contributed by atoms with Crippen LogP contribution in [0.15, 0.2) is 22.8 Å². The summed E-state index contributed by atoms with van der Waals surface area (Å²) in [6.07, 6.45) is 1.79. The molecule has 4 heteroatoms. The lowest BCUT2D eigenvalue weighted by Crippen LogP contribution is -2.44. The molecule has 1 N–H and O–H groups in total. The maximum Gasteiger partial charge on any atom is 0.140 e. The zero-order valence-corrected chi connectivity index (χ0v) is 11.3. The molecule has 0 saturated carbocycles. The molecule has 0 aliphatic heterocycles. The molecule has 0 unspecified atom stereocenters. The van der Waals surface area contributed by atoms with E-state index in [1.54, 1.807) is 6.20 Å². The van der Waals surface area contributed by atoms with E-state index in [0.29, 0.717) is 0 Å². The zero-order valence-electron chi connectivity index (χ0n) is 9.71. The van der Waals surface area contributed by atoms with E-state index in [2.05, 4.69) is 59.1 Å². The summed E-state index contributed by atoms with van der Waals surface area (Å²) in [6, 6.07) is 3.89. The van der Waals surface area contributed by atoms with Crippen LogP contribution in [0, 0.1) is 0 Å². The van der Waals surface area contributed by atoms with Gasteiger partial charge in [-0.3, -0.25) is 0 Å². The van der Waals surface area contributed by atoms with Crippen molar-refractivity contribution in [3.8, 4) is 0 Å². The van der Waals surface area contributed by atoms with Crippen LogP contribution in [-0.4, -0.2) is 36.1 Å². The minimum atomic E-state index is 0.108. The molecular formula is C11H18BrN3. The first kappa shape index (κ1) is 12.5. The van der Waals surface area contributed by atoms with Gasteiger partial charge in [0.15, 0.2) is 0 Å². The van der Waals surface area contributed by atoms with Gasteiger partial charge in [-0.1, -0.05) is 0 Å². The van der Waals surface area contributed by atoms with Gasteiger partial charge in [0.1, 0.15) is 5.82 Å². The van der Waals surface area contributed by atoms with Gasteiger partial charge in [-0.05, 0) is 56.0 Å². The quantitative estimate of drug-likeness (QED) is 0.913. The number of pyridine rings is 1. The van der Waals surface area contributed by atoms with Crippen LogP contribution in [0.3, 0.4) is 0 Å². The fourth-order valence-corrected chi connectivity index (χ4v) is 1.37. The van der Waals surface area contributed by atoms with E-state index < -0.39 is 0 Å². The molecule has 0 amide bonds. The molecule has 0 saturated heterocycles. The molecule has 0 atom stereocenters. The molecule has 1 rings (SSSR count). The lowest BCUT2D eigenvalue weighted by Gasteiger charge is -2.32. The number of hydrogen-bond acceptors (Lipinski definition) is 3. The second-order valence-corrected chi connectivity index (χ2v) is 5.25. The third-order valence-electron chi connectivity index (χ3n) is 2.66. The molecule has 0 bridgehead atoms. The van der Waals surface area contributed by atoms with Crippen molar-refractivity contribution in [3.63, 3.8) is 0 Å². The van der Waals surface area contributed by atoms with E-state index in [1.165, 1.54) is 0 Å². The van der Waals surface area contributed by atoms with Gasteiger partial charge >= 0.3 is 0 Å². The van der Waals surface area contributed by atoms with Crippen LogP contribution in [0.1, 0.15) is 13.8 Å². The van der Waals surface area contributed by atoms with Gasteiger partial charge in [-0.2, -0.15) is 0 Å². The minimum absolute atomic E-state index is 0.108. The van der Waals surface area contributed by atoms with Crippen LogP contribution in [-0.2, 0) is 0 Å². The van der Waals surface area contributed by atoms with Crippen LogP contribution in [0.25, 0.3) is 0 Å². The summed E-state index contributed by atoms with van der Waals surface area (Å²) >= 11 is 3.46. The fourth-order valence-electron chi connectivity index (χ4n) is 0.974. The molecule has 0 aliphatic carbocycles. The number of nitrogens with zero attached hydrogens (tertiary/aromatic N) is 2. The first-order valence-electron chi connectivity index (χ1n) is 4.95. The summed E-state index contributed by atoms with van der Waals surface area (Å²) in [7, 11) is 4.16. The predicted molar refractivity (Wildman–Crippen MR) is 68.2 cm³/mol. The van der Waals surface area contributed by atoms with E-state index in [-0.39, 0.29) is 5.54 Å². The van der Waals surface area contributed by atoms with Crippen LogP contribution in [0.4, 0.5) is 5.82 Å². The number of hydrogen-bond donors (Lipinski definition) is 1. The van der Waals surface area contributed by atoms with Crippen molar-refractivity contribution in [2.24, 2.45) is 0 Å². The normalized spacial score (nSPS) is 11.9. The Kier molecular flexibility index (Phi) is 4.11. The summed E-state index contributed by atoms with van der Waals surface area (Å²) in [5.41, 5.74) is 0.108. The van der Waals surface area contributed by atoms with Crippen molar-refractivity contribution in [3.05, 3.63) is 22.8 Å². The molecule has 3 nitrogen and oxygen atoms in total. The van der Waals surface area contributed by atoms with Crippen LogP contribution in [0.5, 0.6) is 0 Å². The molecule has 84 valence electrons. The lowest BCUT2D eigenvalue weighted by molar-refractivity contribution is 0.210. The fraction of sp³-hybridized carbons (Fsp3) is 0.545. The maximum absolute atomic E-state index is 4.26. The Bertz CT molecular complexity index is 323. The van der Waals surface area contributed by atoms with Crippen molar-refractivity contribution in [2.45, 2.75) is 19.4 Å². The van der Waals surface area contributed by atoms with Crippen LogP contribution >= 0.6 is 15.9 Å². The molecule has 1 aromatic rings. The first-order valence-corrected chi connectivity index (χ1v) is 5.74. The first-order chi connectivity index (χ1) is 6.93. The Morgan fingerprint density at radius 2 is 2.13 bits per heavy atom. The highest BCUT2D eigenvalue weighted by atomic mass is 79.9. The van der Waals surface area contributed by atoms with Crippen molar-refractivity contribution in [1.29, 1.82) is 0 Å².